The predicted octanol–water partition coefficient (Wildman–Crippen LogP) is 2.82. The van der Waals surface area contributed by atoms with Gasteiger partial charge in [0.25, 0.3) is 0 Å². The second-order valence-corrected chi connectivity index (χ2v) is 6.52. The molecule has 19 heavy (non-hydrogen) atoms. The number of rotatable bonds is 3. The molecule has 1 saturated heterocycles. The third-order valence-corrected chi connectivity index (χ3v) is 5.03. The number of piperazine rings is 1. The fourth-order valence-corrected chi connectivity index (χ4v) is 3.86. The van der Waals surface area contributed by atoms with E-state index in [1.165, 1.54) is 32.2 Å². The Morgan fingerprint density at radius 3 is 2.95 bits per heavy atom. The molecule has 3 rings (SSSR count). The van der Waals surface area contributed by atoms with Crippen LogP contribution in [0.4, 0.5) is 0 Å². The summed E-state index contributed by atoms with van der Waals surface area (Å²) in [4.78, 5) is 2.68. The third-order valence-electron chi connectivity index (χ3n) is 5.03. The van der Waals surface area contributed by atoms with Gasteiger partial charge in [-0.05, 0) is 38.8 Å². The normalized spacial score (nSPS) is 28.8. The first-order valence-corrected chi connectivity index (χ1v) is 7.72. The summed E-state index contributed by atoms with van der Waals surface area (Å²) < 4.78 is 5.50. The van der Waals surface area contributed by atoms with Crippen molar-refractivity contribution in [2.45, 2.75) is 63.6 Å². The summed E-state index contributed by atoms with van der Waals surface area (Å²) in [5.74, 6) is 1.11. The van der Waals surface area contributed by atoms with Gasteiger partial charge in [-0.25, -0.2) is 0 Å². The van der Waals surface area contributed by atoms with Crippen LogP contribution in [0, 0.1) is 0 Å². The van der Waals surface area contributed by atoms with Gasteiger partial charge < -0.3 is 9.73 Å². The Hall–Kier alpha value is -0.800. The molecule has 2 fully saturated rings. The summed E-state index contributed by atoms with van der Waals surface area (Å²) in [7, 11) is 0. The molecule has 1 aromatic heterocycles. The van der Waals surface area contributed by atoms with Crippen molar-refractivity contribution in [3.05, 3.63) is 24.2 Å². The molecule has 0 amide bonds. The maximum Gasteiger partial charge on any atom is 0.105 e. The Morgan fingerprint density at radius 2 is 2.26 bits per heavy atom. The Labute approximate surface area is 116 Å². The maximum atomic E-state index is 5.50. The van der Waals surface area contributed by atoms with Crippen LogP contribution in [0.2, 0.25) is 0 Å². The number of nitrogens with one attached hydrogen (secondary N) is 1. The van der Waals surface area contributed by atoms with Gasteiger partial charge in [-0.15, -0.1) is 0 Å². The smallest absolute Gasteiger partial charge is 0.105 e. The van der Waals surface area contributed by atoms with Crippen LogP contribution in [0.5, 0.6) is 0 Å². The zero-order valence-electron chi connectivity index (χ0n) is 12.2. The van der Waals surface area contributed by atoms with Gasteiger partial charge in [-0.3, -0.25) is 4.90 Å². The van der Waals surface area contributed by atoms with Crippen LogP contribution in [0.15, 0.2) is 22.8 Å². The van der Waals surface area contributed by atoms with E-state index in [0.29, 0.717) is 17.6 Å². The first kappa shape index (κ1) is 13.2. The summed E-state index contributed by atoms with van der Waals surface area (Å²) in [5, 5.41) is 3.82. The molecule has 2 heterocycles. The lowest BCUT2D eigenvalue weighted by Crippen LogP contribution is -2.64. The van der Waals surface area contributed by atoms with E-state index in [0.717, 1.165) is 18.7 Å². The van der Waals surface area contributed by atoms with E-state index >= 15 is 0 Å². The van der Waals surface area contributed by atoms with Crippen LogP contribution in [-0.2, 0) is 6.42 Å². The molecule has 3 heteroatoms. The highest BCUT2D eigenvalue weighted by Crippen LogP contribution is 2.34. The second-order valence-electron chi connectivity index (χ2n) is 6.52. The SMILES string of the molecule is CC1CNC2(CCCC2)CN1C(C)Cc1ccco1. The number of hydrogen-bond donors (Lipinski definition) is 1. The number of furan rings is 1. The first-order chi connectivity index (χ1) is 9.19. The highest BCUT2D eigenvalue weighted by atomic mass is 16.3. The second kappa shape index (κ2) is 5.29. The van der Waals surface area contributed by atoms with Crippen LogP contribution in [-0.4, -0.2) is 35.6 Å². The van der Waals surface area contributed by atoms with Crippen LogP contribution in [0.3, 0.4) is 0 Å². The summed E-state index contributed by atoms with van der Waals surface area (Å²) in [6.45, 7) is 7.01. The molecule has 0 bridgehead atoms. The minimum absolute atomic E-state index is 0.407. The van der Waals surface area contributed by atoms with E-state index in [-0.39, 0.29) is 0 Å². The van der Waals surface area contributed by atoms with Gasteiger partial charge in [0, 0.05) is 37.1 Å². The molecule has 1 aliphatic heterocycles. The van der Waals surface area contributed by atoms with Crippen molar-refractivity contribution in [1.82, 2.24) is 10.2 Å². The molecule has 1 aliphatic carbocycles. The van der Waals surface area contributed by atoms with E-state index in [2.05, 4.69) is 30.1 Å². The molecule has 2 atom stereocenters. The highest BCUT2D eigenvalue weighted by Gasteiger charge is 2.41. The molecule has 0 aromatic carbocycles. The van der Waals surface area contributed by atoms with Gasteiger partial charge in [0.05, 0.1) is 6.26 Å². The summed E-state index contributed by atoms with van der Waals surface area (Å²) in [5.41, 5.74) is 0.407. The third kappa shape index (κ3) is 2.72. The summed E-state index contributed by atoms with van der Waals surface area (Å²) in [6.07, 6.45) is 8.28. The van der Waals surface area contributed by atoms with Gasteiger partial charge in [0.2, 0.25) is 0 Å². The molecule has 1 N–H and O–H groups in total. The molecule has 0 radical (unpaired) electrons. The number of nitrogens with zero attached hydrogens (tertiary/aromatic N) is 1. The van der Waals surface area contributed by atoms with Crippen LogP contribution in [0.1, 0.15) is 45.3 Å². The zero-order chi connectivity index (χ0) is 13.3. The molecular weight excluding hydrogens is 236 g/mol. The van der Waals surface area contributed by atoms with Crippen molar-refractivity contribution in [2.75, 3.05) is 13.1 Å². The first-order valence-electron chi connectivity index (χ1n) is 7.72. The quantitative estimate of drug-likeness (QED) is 0.908. The van der Waals surface area contributed by atoms with E-state index < -0.39 is 0 Å². The molecule has 2 aliphatic rings. The Bertz CT molecular complexity index is 395. The van der Waals surface area contributed by atoms with Gasteiger partial charge in [-0.1, -0.05) is 12.8 Å². The minimum Gasteiger partial charge on any atom is -0.469 e. The van der Waals surface area contributed by atoms with Crippen LogP contribution >= 0.6 is 0 Å². The molecule has 1 saturated carbocycles. The summed E-state index contributed by atoms with van der Waals surface area (Å²) in [6, 6.07) is 5.26. The van der Waals surface area contributed by atoms with E-state index in [4.69, 9.17) is 4.42 Å². The lowest BCUT2D eigenvalue weighted by molar-refractivity contribution is 0.0550. The number of hydrogen-bond acceptors (Lipinski definition) is 3. The van der Waals surface area contributed by atoms with Gasteiger partial charge in [-0.2, -0.15) is 0 Å². The largest absolute Gasteiger partial charge is 0.469 e. The van der Waals surface area contributed by atoms with Crippen molar-refractivity contribution in [2.24, 2.45) is 0 Å². The average molecular weight is 262 g/mol. The molecule has 2 unspecified atom stereocenters. The fraction of sp³-hybridized carbons (Fsp3) is 0.750. The highest BCUT2D eigenvalue weighted by molar-refractivity contribution is 5.04. The predicted molar refractivity (Wildman–Crippen MR) is 77.2 cm³/mol. The maximum absolute atomic E-state index is 5.50. The molecule has 1 aromatic rings. The lowest BCUT2D eigenvalue weighted by atomic mass is 9.91. The van der Waals surface area contributed by atoms with E-state index in [1.807, 2.05) is 6.07 Å². The molecular formula is C16H26N2O. The van der Waals surface area contributed by atoms with Gasteiger partial charge >= 0.3 is 0 Å². The minimum atomic E-state index is 0.407. The monoisotopic (exact) mass is 262 g/mol. The van der Waals surface area contributed by atoms with Crippen LogP contribution < -0.4 is 5.32 Å². The van der Waals surface area contributed by atoms with Crippen molar-refractivity contribution >= 4 is 0 Å². The Kier molecular flexibility index (Phi) is 3.68. The van der Waals surface area contributed by atoms with E-state index in [1.54, 1.807) is 6.26 Å². The van der Waals surface area contributed by atoms with Crippen molar-refractivity contribution in [3.8, 4) is 0 Å². The van der Waals surface area contributed by atoms with Crippen molar-refractivity contribution in [3.63, 3.8) is 0 Å². The lowest BCUT2D eigenvalue weighted by Gasteiger charge is -2.47. The van der Waals surface area contributed by atoms with Gasteiger partial charge in [0.1, 0.15) is 5.76 Å². The van der Waals surface area contributed by atoms with Crippen molar-refractivity contribution in [1.29, 1.82) is 0 Å². The zero-order valence-corrected chi connectivity index (χ0v) is 12.2. The topological polar surface area (TPSA) is 28.4 Å². The van der Waals surface area contributed by atoms with Gasteiger partial charge in [0.15, 0.2) is 0 Å². The fourth-order valence-electron chi connectivity index (χ4n) is 3.86. The Balaban J connectivity index is 1.67. The molecule has 3 nitrogen and oxygen atoms in total. The average Bonchev–Trinajstić information content (AvgIpc) is 3.05. The van der Waals surface area contributed by atoms with Crippen LogP contribution in [0.25, 0.3) is 0 Å². The molecule has 1 spiro atoms. The Morgan fingerprint density at radius 1 is 1.47 bits per heavy atom. The van der Waals surface area contributed by atoms with E-state index in [9.17, 15) is 0 Å². The standard InChI is InChI=1S/C16H26N2O/c1-13(10-15-6-5-9-19-15)18-12-16(7-3-4-8-16)17-11-14(18)2/h5-6,9,13-14,17H,3-4,7-8,10-12H2,1-2H3. The van der Waals surface area contributed by atoms with Crippen molar-refractivity contribution < 1.29 is 4.42 Å². The summed E-state index contributed by atoms with van der Waals surface area (Å²) >= 11 is 0. The molecule has 106 valence electrons.